The van der Waals surface area contributed by atoms with Gasteiger partial charge in [0.1, 0.15) is 0 Å². The number of fused-ring (bicyclic) bond motifs is 3. The Morgan fingerprint density at radius 2 is 2.00 bits per heavy atom. The Kier molecular flexibility index (Phi) is 4.29. The van der Waals surface area contributed by atoms with E-state index in [1.54, 1.807) is 6.07 Å². The molecule has 0 unspecified atom stereocenters. The minimum Gasteiger partial charge on any atom is -0.465 e. The van der Waals surface area contributed by atoms with Crippen LogP contribution in [-0.2, 0) is 17.7 Å². The van der Waals surface area contributed by atoms with Crippen molar-refractivity contribution in [3.05, 3.63) is 69.9 Å². The minimum atomic E-state index is -0.387. The predicted octanol–water partition coefficient (Wildman–Crippen LogP) is 4.65. The van der Waals surface area contributed by atoms with Crippen molar-refractivity contribution in [2.75, 3.05) is 7.11 Å². The van der Waals surface area contributed by atoms with Crippen molar-refractivity contribution in [2.45, 2.75) is 25.8 Å². The number of halogens is 1. The summed E-state index contributed by atoms with van der Waals surface area (Å²) in [5.74, 6) is -0.221. The van der Waals surface area contributed by atoms with E-state index >= 15 is 0 Å². The van der Waals surface area contributed by atoms with Gasteiger partial charge in [0, 0.05) is 34.6 Å². The molecule has 0 atom stereocenters. The Morgan fingerprint density at radius 3 is 2.77 bits per heavy atom. The first-order chi connectivity index (χ1) is 12.6. The fourth-order valence-electron chi connectivity index (χ4n) is 3.74. The number of hydrogen-bond acceptors (Lipinski definition) is 3. The Bertz CT molecular complexity index is 1040. The number of esters is 1. The number of benzene rings is 2. The Hall–Kier alpha value is -2.59. The van der Waals surface area contributed by atoms with Gasteiger partial charge in [-0.3, -0.25) is 4.79 Å². The van der Waals surface area contributed by atoms with Crippen molar-refractivity contribution in [1.82, 2.24) is 4.57 Å². The fourth-order valence-corrected chi connectivity index (χ4v) is 3.93. The molecule has 1 aromatic heterocycles. The van der Waals surface area contributed by atoms with Crippen molar-refractivity contribution < 1.29 is 14.3 Å². The Balaban J connectivity index is 1.95. The number of Topliss-reactive ketones (excluding diaryl/α,β-unsaturated/α-hetero) is 1. The molecule has 0 aliphatic heterocycles. The third kappa shape index (κ3) is 2.71. The van der Waals surface area contributed by atoms with Crippen molar-refractivity contribution in [3.63, 3.8) is 0 Å². The number of rotatable bonds is 3. The van der Waals surface area contributed by atoms with Crippen LogP contribution >= 0.6 is 11.6 Å². The summed E-state index contributed by atoms with van der Waals surface area (Å²) in [7, 11) is 1.36. The van der Waals surface area contributed by atoms with Gasteiger partial charge in [-0.2, -0.15) is 0 Å². The summed E-state index contributed by atoms with van der Waals surface area (Å²) in [5.41, 5.74) is 4.14. The summed E-state index contributed by atoms with van der Waals surface area (Å²) in [4.78, 5) is 24.5. The monoisotopic (exact) mass is 367 g/mol. The fraction of sp³-hybridized carbons (Fsp3) is 0.238. The lowest BCUT2D eigenvalue weighted by Crippen LogP contribution is -2.14. The molecule has 0 spiro atoms. The van der Waals surface area contributed by atoms with Gasteiger partial charge in [0.15, 0.2) is 5.78 Å². The first-order valence-electron chi connectivity index (χ1n) is 8.60. The minimum absolute atomic E-state index is 0.167. The summed E-state index contributed by atoms with van der Waals surface area (Å²) < 4.78 is 6.97. The zero-order valence-corrected chi connectivity index (χ0v) is 15.2. The highest BCUT2D eigenvalue weighted by molar-refractivity contribution is 6.31. The molecule has 4 rings (SSSR count). The second-order valence-electron chi connectivity index (χ2n) is 6.50. The standard InChI is InChI=1S/C21H18ClNO3/c1-26-21(25)13-9-10-15-18(11-13)23(12-14-5-2-3-6-16(14)22)17-7-4-8-19(24)20(15)17/h2-3,5-6,9-11H,4,7-8,12H2,1H3. The van der Waals surface area contributed by atoms with E-state index < -0.39 is 0 Å². The molecule has 0 radical (unpaired) electrons. The number of hydrogen-bond donors (Lipinski definition) is 0. The molecule has 1 aliphatic rings. The van der Waals surface area contributed by atoms with Crippen molar-refractivity contribution in [1.29, 1.82) is 0 Å². The molecule has 4 nitrogen and oxygen atoms in total. The van der Waals surface area contributed by atoms with Crippen LogP contribution in [0.5, 0.6) is 0 Å². The van der Waals surface area contributed by atoms with Gasteiger partial charge in [0.2, 0.25) is 0 Å². The van der Waals surface area contributed by atoms with E-state index in [1.165, 1.54) is 7.11 Å². The molecule has 0 bridgehead atoms. The third-order valence-electron chi connectivity index (χ3n) is 4.98. The lowest BCUT2D eigenvalue weighted by Gasteiger charge is -2.16. The highest BCUT2D eigenvalue weighted by atomic mass is 35.5. The maximum atomic E-state index is 12.6. The first kappa shape index (κ1) is 16.9. The van der Waals surface area contributed by atoms with Crippen LogP contribution in [0.2, 0.25) is 5.02 Å². The van der Waals surface area contributed by atoms with E-state index in [1.807, 2.05) is 36.4 Å². The average molecular weight is 368 g/mol. The Morgan fingerprint density at radius 1 is 1.19 bits per heavy atom. The normalized spacial score (nSPS) is 13.7. The lowest BCUT2D eigenvalue weighted by molar-refractivity contribution is 0.0600. The summed E-state index contributed by atoms with van der Waals surface area (Å²) >= 11 is 6.35. The van der Waals surface area contributed by atoms with Gasteiger partial charge in [-0.1, -0.05) is 35.9 Å². The van der Waals surface area contributed by atoms with Gasteiger partial charge in [-0.15, -0.1) is 0 Å². The third-order valence-corrected chi connectivity index (χ3v) is 5.34. The maximum Gasteiger partial charge on any atom is 0.337 e. The molecule has 132 valence electrons. The van der Waals surface area contributed by atoms with E-state index in [0.717, 1.165) is 40.6 Å². The highest BCUT2D eigenvalue weighted by Crippen LogP contribution is 2.34. The smallest absolute Gasteiger partial charge is 0.337 e. The molecule has 2 aromatic carbocycles. The zero-order valence-electron chi connectivity index (χ0n) is 14.4. The molecule has 0 amide bonds. The van der Waals surface area contributed by atoms with Crippen LogP contribution in [-0.4, -0.2) is 23.4 Å². The largest absolute Gasteiger partial charge is 0.465 e. The van der Waals surface area contributed by atoms with Gasteiger partial charge in [-0.25, -0.2) is 4.79 Å². The quantitative estimate of drug-likeness (QED) is 0.633. The van der Waals surface area contributed by atoms with E-state index in [0.29, 0.717) is 23.6 Å². The summed E-state index contributed by atoms with van der Waals surface area (Å²) in [6, 6.07) is 13.1. The number of carbonyl (C=O) groups excluding carboxylic acids is 2. The Labute approximate surface area is 156 Å². The number of aromatic nitrogens is 1. The summed E-state index contributed by atoms with van der Waals surface area (Å²) in [5, 5.41) is 1.58. The van der Waals surface area contributed by atoms with Gasteiger partial charge in [-0.05, 0) is 36.6 Å². The van der Waals surface area contributed by atoms with Gasteiger partial charge in [0.25, 0.3) is 0 Å². The van der Waals surface area contributed by atoms with Gasteiger partial charge < -0.3 is 9.30 Å². The molecule has 3 aromatic rings. The maximum absolute atomic E-state index is 12.6. The SMILES string of the molecule is COC(=O)c1ccc2c3c(n(Cc4ccccc4Cl)c2c1)CCCC3=O. The van der Waals surface area contributed by atoms with Crippen LogP contribution in [0.4, 0.5) is 0 Å². The molecular weight excluding hydrogens is 350 g/mol. The van der Waals surface area contributed by atoms with Gasteiger partial charge in [0.05, 0.1) is 18.2 Å². The van der Waals surface area contributed by atoms with E-state index in [-0.39, 0.29) is 11.8 Å². The number of methoxy groups -OCH3 is 1. The number of ketones is 1. The predicted molar refractivity (Wildman–Crippen MR) is 101 cm³/mol. The molecule has 0 saturated carbocycles. The number of ether oxygens (including phenoxy) is 1. The van der Waals surface area contributed by atoms with Crippen LogP contribution in [0.25, 0.3) is 10.9 Å². The topological polar surface area (TPSA) is 48.3 Å². The molecule has 1 heterocycles. The molecule has 26 heavy (non-hydrogen) atoms. The average Bonchev–Trinajstić information content (AvgIpc) is 2.97. The van der Waals surface area contributed by atoms with E-state index in [2.05, 4.69) is 4.57 Å². The van der Waals surface area contributed by atoms with E-state index in [4.69, 9.17) is 16.3 Å². The first-order valence-corrected chi connectivity index (χ1v) is 8.98. The van der Waals surface area contributed by atoms with Crippen LogP contribution in [0.3, 0.4) is 0 Å². The van der Waals surface area contributed by atoms with Gasteiger partial charge >= 0.3 is 5.97 Å². The van der Waals surface area contributed by atoms with Crippen molar-refractivity contribution in [2.24, 2.45) is 0 Å². The van der Waals surface area contributed by atoms with Crippen LogP contribution in [0.15, 0.2) is 42.5 Å². The second kappa shape index (κ2) is 6.61. The van der Waals surface area contributed by atoms with Crippen molar-refractivity contribution in [3.8, 4) is 0 Å². The molecule has 0 saturated heterocycles. The molecule has 1 aliphatic carbocycles. The van der Waals surface area contributed by atoms with Crippen LogP contribution in [0, 0.1) is 0 Å². The molecular formula is C21H18ClNO3. The zero-order chi connectivity index (χ0) is 18.3. The molecule has 0 N–H and O–H groups in total. The molecule has 5 heteroatoms. The lowest BCUT2D eigenvalue weighted by atomic mass is 9.94. The highest BCUT2D eigenvalue weighted by Gasteiger charge is 2.26. The van der Waals surface area contributed by atoms with Crippen molar-refractivity contribution >= 4 is 34.3 Å². The summed E-state index contributed by atoms with van der Waals surface area (Å²) in [6.07, 6.45) is 2.25. The van der Waals surface area contributed by atoms with Crippen LogP contribution in [0.1, 0.15) is 44.8 Å². The molecule has 0 fully saturated rings. The number of nitrogens with zero attached hydrogens (tertiary/aromatic N) is 1. The van der Waals surface area contributed by atoms with Crippen LogP contribution < -0.4 is 0 Å². The summed E-state index contributed by atoms with van der Waals surface area (Å²) in [6.45, 7) is 0.559. The second-order valence-corrected chi connectivity index (χ2v) is 6.91. The van der Waals surface area contributed by atoms with E-state index in [9.17, 15) is 9.59 Å². The number of carbonyl (C=O) groups is 2.